The van der Waals surface area contributed by atoms with E-state index in [-0.39, 0.29) is 28.9 Å². The van der Waals surface area contributed by atoms with Crippen molar-refractivity contribution in [1.29, 1.82) is 0 Å². The van der Waals surface area contributed by atoms with Crippen molar-refractivity contribution in [1.82, 2.24) is 4.90 Å². The summed E-state index contributed by atoms with van der Waals surface area (Å²) >= 11 is 0. The summed E-state index contributed by atoms with van der Waals surface area (Å²) in [5.41, 5.74) is 2.74. The molecular formula is C23H25NO4S. The second-order valence-electron chi connectivity index (χ2n) is 8.27. The van der Waals surface area contributed by atoms with Gasteiger partial charge in [-0.15, -0.1) is 0 Å². The Kier molecular flexibility index (Phi) is 5.07. The molecule has 1 saturated carbocycles. The molecule has 0 aromatic heterocycles. The number of likely N-dealkylation sites (tertiary alicyclic amines) is 1. The van der Waals surface area contributed by atoms with E-state index in [4.69, 9.17) is 0 Å². The highest BCUT2D eigenvalue weighted by molar-refractivity contribution is 7.90. The van der Waals surface area contributed by atoms with Crippen molar-refractivity contribution < 1.29 is 18.0 Å². The molecule has 0 bridgehead atoms. The Morgan fingerprint density at radius 2 is 1.76 bits per heavy atom. The van der Waals surface area contributed by atoms with E-state index in [1.54, 1.807) is 30.1 Å². The summed E-state index contributed by atoms with van der Waals surface area (Å²) in [4.78, 5) is 27.8. The Balaban J connectivity index is 1.64. The Labute approximate surface area is 171 Å². The van der Waals surface area contributed by atoms with Gasteiger partial charge < -0.3 is 4.90 Å². The molecule has 6 heteroatoms. The molecule has 0 spiro atoms. The van der Waals surface area contributed by atoms with Crippen LogP contribution in [0.3, 0.4) is 0 Å². The van der Waals surface area contributed by atoms with Crippen molar-refractivity contribution in [2.45, 2.75) is 36.0 Å². The van der Waals surface area contributed by atoms with E-state index in [1.807, 2.05) is 12.1 Å². The van der Waals surface area contributed by atoms with Crippen LogP contribution in [-0.4, -0.2) is 44.9 Å². The van der Waals surface area contributed by atoms with Gasteiger partial charge in [-0.2, -0.15) is 0 Å². The first kappa shape index (κ1) is 19.8. The second kappa shape index (κ2) is 7.41. The topological polar surface area (TPSA) is 71.5 Å². The summed E-state index contributed by atoms with van der Waals surface area (Å²) in [6, 6.07) is 14.8. The fraction of sp³-hybridized carbons (Fsp3) is 0.391. The van der Waals surface area contributed by atoms with E-state index in [0.717, 1.165) is 11.8 Å². The van der Waals surface area contributed by atoms with Crippen LogP contribution < -0.4 is 0 Å². The third-order valence-corrected chi connectivity index (χ3v) is 7.18. The lowest BCUT2D eigenvalue weighted by Gasteiger charge is -2.18. The maximum Gasteiger partial charge on any atom is 0.233 e. The van der Waals surface area contributed by atoms with Gasteiger partial charge in [0.2, 0.25) is 5.91 Å². The van der Waals surface area contributed by atoms with Crippen LogP contribution in [0.4, 0.5) is 0 Å². The molecule has 4 rings (SSSR count). The van der Waals surface area contributed by atoms with Crippen LogP contribution in [0.2, 0.25) is 0 Å². The molecule has 0 N–H and O–H groups in total. The minimum atomic E-state index is -3.45. The number of sulfone groups is 1. The summed E-state index contributed by atoms with van der Waals surface area (Å²) in [6.45, 7) is 0.497. The van der Waals surface area contributed by atoms with Crippen molar-refractivity contribution in [3.05, 3.63) is 65.2 Å². The zero-order valence-electron chi connectivity index (χ0n) is 16.7. The van der Waals surface area contributed by atoms with Crippen LogP contribution >= 0.6 is 0 Å². The van der Waals surface area contributed by atoms with Gasteiger partial charge in [0, 0.05) is 32.2 Å². The molecule has 5 nitrogen and oxygen atoms in total. The molecule has 2 atom stereocenters. The number of rotatable bonds is 6. The SMILES string of the molecule is CN1C[C@H](c2cccc(C3CC3)c2)[C@@H](C(=O)Cc2ccccc2S(C)(=O)=O)C1=O. The monoisotopic (exact) mass is 411 g/mol. The quantitative estimate of drug-likeness (QED) is 0.685. The summed E-state index contributed by atoms with van der Waals surface area (Å²) in [5.74, 6) is -0.794. The van der Waals surface area contributed by atoms with Gasteiger partial charge in [0.25, 0.3) is 0 Å². The van der Waals surface area contributed by atoms with Crippen LogP contribution in [0.5, 0.6) is 0 Å². The molecule has 1 aliphatic heterocycles. The highest BCUT2D eigenvalue weighted by Gasteiger charge is 2.44. The molecule has 29 heavy (non-hydrogen) atoms. The molecule has 1 saturated heterocycles. The van der Waals surface area contributed by atoms with Gasteiger partial charge in [-0.05, 0) is 41.5 Å². The van der Waals surface area contributed by atoms with Gasteiger partial charge >= 0.3 is 0 Å². The third kappa shape index (κ3) is 3.99. The lowest BCUT2D eigenvalue weighted by atomic mass is 9.83. The molecule has 0 radical (unpaired) electrons. The van der Waals surface area contributed by atoms with Crippen LogP contribution in [0.25, 0.3) is 0 Å². The molecule has 1 amide bonds. The zero-order chi connectivity index (χ0) is 20.8. The lowest BCUT2D eigenvalue weighted by Crippen LogP contribution is -2.29. The molecule has 2 fully saturated rings. The summed E-state index contributed by atoms with van der Waals surface area (Å²) in [6.07, 6.45) is 3.46. The summed E-state index contributed by atoms with van der Waals surface area (Å²) < 4.78 is 24.2. The Hall–Kier alpha value is -2.47. The predicted molar refractivity (Wildman–Crippen MR) is 111 cm³/mol. The molecular weight excluding hydrogens is 386 g/mol. The molecule has 2 aromatic carbocycles. The van der Waals surface area contributed by atoms with Crippen LogP contribution in [0, 0.1) is 5.92 Å². The largest absolute Gasteiger partial charge is 0.344 e. The average Bonchev–Trinajstić information content (AvgIpc) is 3.48. The fourth-order valence-electron chi connectivity index (χ4n) is 4.33. The van der Waals surface area contributed by atoms with Crippen molar-refractivity contribution >= 4 is 21.5 Å². The summed E-state index contributed by atoms with van der Waals surface area (Å²) in [5, 5.41) is 0. The minimum absolute atomic E-state index is 0.0632. The maximum atomic E-state index is 13.2. The standard InChI is InChI=1S/C23H25NO4S/c1-24-14-19(17-8-5-7-16(12-17)15-10-11-15)22(23(24)26)20(25)13-18-6-3-4-9-21(18)29(2,27)28/h3-9,12,15,19,22H,10-11,13-14H2,1-2H3/t19-,22+/m1/s1. The summed E-state index contributed by atoms with van der Waals surface area (Å²) in [7, 11) is -1.73. The predicted octanol–water partition coefficient (Wildman–Crippen LogP) is 2.95. The van der Waals surface area contributed by atoms with E-state index < -0.39 is 15.8 Å². The van der Waals surface area contributed by atoms with E-state index in [9.17, 15) is 18.0 Å². The van der Waals surface area contributed by atoms with E-state index in [1.165, 1.54) is 24.5 Å². The van der Waals surface area contributed by atoms with Crippen molar-refractivity contribution in [2.75, 3.05) is 19.8 Å². The maximum absolute atomic E-state index is 13.2. The number of hydrogen-bond donors (Lipinski definition) is 0. The minimum Gasteiger partial charge on any atom is -0.344 e. The highest BCUT2D eigenvalue weighted by Crippen LogP contribution is 2.42. The molecule has 1 heterocycles. The number of benzene rings is 2. The van der Waals surface area contributed by atoms with E-state index in [2.05, 4.69) is 12.1 Å². The molecule has 2 aliphatic rings. The number of likely N-dealkylation sites (N-methyl/N-ethyl adjacent to an activating group) is 1. The van der Waals surface area contributed by atoms with Crippen molar-refractivity contribution in [3.8, 4) is 0 Å². The number of Topliss-reactive ketones (excluding diaryl/α,β-unsaturated/α-hetero) is 1. The highest BCUT2D eigenvalue weighted by atomic mass is 32.2. The van der Waals surface area contributed by atoms with Crippen LogP contribution in [-0.2, 0) is 25.8 Å². The first-order valence-electron chi connectivity index (χ1n) is 9.91. The number of amides is 1. The Bertz CT molecular complexity index is 1070. The van der Waals surface area contributed by atoms with Gasteiger partial charge in [0.1, 0.15) is 11.7 Å². The number of carbonyl (C=O) groups excluding carboxylic acids is 2. The normalized spacial score (nSPS) is 22.1. The van der Waals surface area contributed by atoms with Gasteiger partial charge in [-0.3, -0.25) is 9.59 Å². The zero-order valence-corrected chi connectivity index (χ0v) is 17.5. The smallest absolute Gasteiger partial charge is 0.233 e. The van der Waals surface area contributed by atoms with Crippen LogP contribution in [0.1, 0.15) is 41.4 Å². The molecule has 152 valence electrons. The first-order chi connectivity index (χ1) is 13.8. The third-order valence-electron chi connectivity index (χ3n) is 5.99. The number of carbonyl (C=O) groups is 2. The number of hydrogen-bond acceptors (Lipinski definition) is 4. The second-order valence-corrected chi connectivity index (χ2v) is 10.3. The Morgan fingerprint density at radius 1 is 1.07 bits per heavy atom. The van der Waals surface area contributed by atoms with E-state index in [0.29, 0.717) is 18.0 Å². The lowest BCUT2D eigenvalue weighted by molar-refractivity contribution is -0.136. The number of nitrogens with zero attached hydrogens (tertiary/aromatic N) is 1. The molecule has 2 aromatic rings. The van der Waals surface area contributed by atoms with Crippen molar-refractivity contribution in [3.63, 3.8) is 0 Å². The Morgan fingerprint density at radius 3 is 2.45 bits per heavy atom. The fourth-order valence-corrected chi connectivity index (χ4v) is 5.27. The van der Waals surface area contributed by atoms with Gasteiger partial charge in [0.05, 0.1) is 4.90 Å². The molecule has 1 aliphatic carbocycles. The van der Waals surface area contributed by atoms with Gasteiger partial charge in [0.15, 0.2) is 9.84 Å². The van der Waals surface area contributed by atoms with Crippen LogP contribution in [0.15, 0.2) is 53.4 Å². The number of ketones is 1. The molecule has 0 unspecified atom stereocenters. The van der Waals surface area contributed by atoms with Crippen molar-refractivity contribution in [2.24, 2.45) is 5.92 Å². The van der Waals surface area contributed by atoms with Gasteiger partial charge in [-0.25, -0.2) is 8.42 Å². The van der Waals surface area contributed by atoms with Gasteiger partial charge in [-0.1, -0.05) is 42.5 Å². The average molecular weight is 412 g/mol. The van der Waals surface area contributed by atoms with E-state index >= 15 is 0 Å². The first-order valence-corrected chi connectivity index (χ1v) is 11.8.